The maximum atomic E-state index is 13.1. The molecule has 3 aromatic carbocycles. The highest BCUT2D eigenvalue weighted by molar-refractivity contribution is 6.06. The van der Waals surface area contributed by atoms with Gasteiger partial charge in [-0.15, -0.1) is 0 Å². The third-order valence-corrected chi connectivity index (χ3v) is 7.96. The molecule has 2 aliphatic rings. The summed E-state index contributed by atoms with van der Waals surface area (Å²) in [7, 11) is 0. The molecule has 6 nitrogen and oxygen atoms in total. The Kier molecular flexibility index (Phi) is 9.13. The highest BCUT2D eigenvalue weighted by Gasteiger charge is 2.19. The monoisotopic (exact) mass is 522 g/mol. The van der Waals surface area contributed by atoms with Crippen LogP contribution in [-0.4, -0.2) is 43.6 Å². The number of carbonyl (C=O) groups is 1. The predicted molar refractivity (Wildman–Crippen MR) is 156 cm³/mol. The van der Waals surface area contributed by atoms with Gasteiger partial charge in [-0.05, 0) is 66.4 Å². The number of amides is 1. The van der Waals surface area contributed by atoms with Crippen LogP contribution in [0.25, 0.3) is 0 Å². The zero-order chi connectivity index (χ0) is 26.9. The normalized spacial score (nSPS) is 16.4. The average Bonchev–Trinajstić information content (AvgIpc) is 2.99. The average molecular weight is 523 g/mol. The predicted octanol–water partition coefficient (Wildman–Crippen LogP) is 6.48. The third kappa shape index (κ3) is 7.40. The van der Waals surface area contributed by atoms with Crippen molar-refractivity contribution in [2.75, 3.05) is 43.0 Å². The van der Waals surface area contributed by atoms with Crippen LogP contribution < -0.4 is 15.0 Å². The van der Waals surface area contributed by atoms with Crippen LogP contribution in [0.2, 0.25) is 0 Å². The van der Waals surface area contributed by atoms with E-state index in [9.17, 15) is 4.79 Å². The summed E-state index contributed by atoms with van der Waals surface area (Å²) in [5.41, 5.74) is 4.40. The van der Waals surface area contributed by atoms with E-state index in [4.69, 9.17) is 10.00 Å². The number of nitrogens with zero attached hydrogens (tertiary/aromatic N) is 3. The van der Waals surface area contributed by atoms with Crippen molar-refractivity contribution in [1.29, 1.82) is 5.26 Å². The number of piperazine rings is 1. The van der Waals surface area contributed by atoms with E-state index >= 15 is 0 Å². The minimum absolute atomic E-state index is 0.148. The molecule has 0 spiro atoms. The lowest BCUT2D eigenvalue weighted by Crippen LogP contribution is -2.45. The molecule has 0 bridgehead atoms. The number of hydrogen-bond acceptors (Lipinski definition) is 5. The molecule has 202 valence electrons. The summed E-state index contributed by atoms with van der Waals surface area (Å²) < 4.78 is 6.07. The van der Waals surface area contributed by atoms with Gasteiger partial charge < -0.3 is 15.0 Å². The van der Waals surface area contributed by atoms with Gasteiger partial charge in [0, 0.05) is 44.1 Å². The summed E-state index contributed by atoms with van der Waals surface area (Å²) in [5.74, 6) is 1.26. The van der Waals surface area contributed by atoms with Crippen molar-refractivity contribution in [2.45, 2.75) is 45.1 Å². The molecular weight excluding hydrogens is 484 g/mol. The number of benzene rings is 3. The topological polar surface area (TPSA) is 68.6 Å². The Hall–Kier alpha value is -3.82. The summed E-state index contributed by atoms with van der Waals surface area (Å²) in [6.45, 7) is 5.33. The highest BCUT2D eigenvalue weighted by atomic mass is 16.5. The van der Waals surface area contributed by atoms with Gasteiger partial charge in [0.05, 0.1) is 23.8 Å². The zero-order valence-electron chi connectivity index (χ0n) is 22.6. The first kappa shape index (κ1) is 26.8. The summed E-state index contributed by atoms with van der Waals surface area (Å²) in [6.07, 6.45) is 7.68. The van der Waals surface area contributed by atoms with Gasteiger partial charge >= 0.3 is 0 Å². The standard InChI is InChI=1S/C33H38N4O2/c34-24-27-9-6-10-28(23-27)25-36-18-20-37(21-19-36)30-15-13-29(14-16-30)35-33(38)31-11-4-5-12-32(31)39-22-17-26-7-2-1-3-8-26/h4-6,9-16,23,26H,1-3,7-8,17-22,25H2,(H,35,38). The smallest absolute Gasteiger partial charge is 0.259 e. The van der Waals surface area contributed by atoms with E-state index < -0.39 is 0 Å². The van der Waals surface area contributed by atoms with Crippen molar-refractivity contribution in [3.63, 3.8) is 0 Å². The quantitative estimate of drug-likeness (QED) is 0.348. The van der Waals surface area contributed by atoms with Gasteiger partial charge in [0.2, 0.25) is 0 Å². The molecule has 0 unspecified atom stereocenters. The van der Waals surface area contributed by atoms with E-state index in [0.29, 0.717) is 23.5 Å². The summed E-state index contributed by atoms with van der Waals surface area (Å²) in [4.78, 5) is 17.9. The van der Waals surface area contributed by atoms with Crippen molar-refractivity contribution in [3.8, 4) is 11.8 Å². The summed E-state index contributed by atoms with van der Waals surface area (Å²) >= 11 is 0. The Morgan fingerprint density at radius 3 is 2.46 bits per heavy atom. The number of nitrogens with one attached hydrogen (secondary N) is 1. The maximum Gasteiger partial charge on any atom is 0.259 e. The van der Waals surface area contributed by atoms with Crippen LogP contribution in [-0.2, 0) is 6.54 Å². The Bertz CT molecular complexity index is 1270. The molecule has 6 heteroatoms. The van der Waals surface area contributed by atoms with Gasteiger partial charge in [0.25, 0.3) is 5.91 Å². The number of nitriles is 1. The molecule has 1 aliphatic heterocycles. The molecule has 1 amide bonds. The van der Waals surface area contributed by atoms with Gasteiger partial charge in [-0.25, -0.2) is 0 Å². The first-order chi connectivity index (χ1) is 19.2. The number of hydrogen-bond donors (Lipinski definition) is 1. The van der Waals surface area contributed by atoms with Crippen LogP contribution in [0.3, 0.4) is 0 Å². The van der Waals surface area contributed by atoms with Crippen molar-refractivity contribution in [1.82, 2.24) is 4.90 Å². The first-order valence-electron chi connectivity index (χ1n) is 14.3. The fourth-order valence-electron chi connectivity index (χ4n) is 5.71. The van der Waals surface area contributed by atoms with Gasteiger partial charge in [0.1, 0.15) is 5.75 Å². The lowest BCUT2D eigenvalue weighted by Gasteiger charge is -2.36. The first-order valence-corrected chi connectivity index (χ1v) is 14.3. The molecule has 1 aliphatic carbocycles. The zero-order valence-corrected chi connectivity index (χ0v) is 22.6. The molecule has 0 radical (unpaired) electrons. The maximum absolute atomic E-state index is 13.1. The lowest BCUT2D eigenvalue weighted by atomic mass is 9.87. The van der Waals surface area contributed by atoms with Crippen molar-refractivity contribution in [2.24, 2.45) is 5.92 Å². The van der Waals surface area contributed by atoms with E-state index in [0.717, 1.165) is 56.4 Å². The summed E-state index contributed by atoms with van der Waals surface area (Å²) in [6, 6.07) is 25.7. The fraction of sp³-hybridized carbons (Fsp3) is 0.394. The Labute approximate surface area is 232 Å². The van der Waals surface area contributed by atoms with Crippen LogP contribution in [0.4, 0.5) is 11.4 Å². The molecule has 1 saturated heterocycles. The minimum atomic E-state index is -0.148. The van der Waals surface area contributed by atoms with Gasteiger partial charge in [0.15, 0.2) is 0 Å². The third-order valence-electron chi connectivity index (χ3n) is 7.96. The number of rotatable bonds is 9. The number of carbonyl (C=O) groups excluding carboxylic acids is 1. The fourth-order valence-corrected chi connectivity index (χ4v) is 5.71. The molecule has 1 saturated carbocycles. The van der Waals surface area contributed by atoms with Crippen LogP contribution in [0, 0.1) is 17.2 Å². The number of anilines is 2. The molecule has 39 heavy (non-hydrogen) atoms. The number of ether oxygens (including phenoxy) is 1. The minimum Gasteiger partial charge on any atom is -0.493 e. The molecule has 2 fully saturated rings. The second-order valence-corrected chi connectivity index (χ2v) is 10.7. The largest absolute Gasteiger partial charge is 0.493 e. The molecular formula is C33H38N4O2. The van der Waals surface area contributed by atoms with Crippen LogP contribution in [0.1, 0.15) is 60.0 Å². The molecule has 1 N–H and O–H groups in total. The highest BCUT2D eigenvalue weighted by Crippen LogP contribution is 2.27. The molecule has 0 aromatic heterocycles. The van der Waals surface area contributed by atoms with Gasteiger partial charge in [-0.3, -0.25) is 9.69 Å². The molecule has 3 aromatic rings. The van der Waals surface area contributed by atoms with E-state index in [1.165, 1.54) is 37.7 Å². The van der Waals surface area contributed by atoms with E-state index in [-0.39, 0.29) is 5.91 Å². The Morgan fingerprint density at radius 1 is 0.923 bits per heavy atom. The molecule has 5 rings (SSSR count). The Morgan fingerprint density at radius 2 is 1.69 bits per heavy atom. The molecule has 0 atom stereocenters. The van der Waals surface area contributed by atoms with Crippen LogP contribution in [0.5, 0.6) is 5.75 Å². The second-order valence-electron chi connectivity index (χ2n) is 10.7. The molecule has 1 heterocycles. The van der Waals surface area contributed by atoms with E-state index in [2.05, 4.69) is 39.4 Å². The van der Waals surface area contributed by atoms with Crippen molar-refractivity contribution < 1.29 is 9.53 Å². The summed E-state index contributed by atoms with van der Waals surface area (Å²) in [5, 5.41) is 12.2. The lowest BCUT2D eigenvalue weighted by molar-refractivity contribution is 0.102. The van der Waals surface area contributed by atoms with E-state index in [1.54, 1.807) is 0 Å². The van der Waals surface area contributed by atoms with Gasteiger partial charge in [-0.2, -0.15) is 5.26 Å². The van der Waals surface area contributed by atoms with Gasteiger partial charge in [-0.1, -0.05) is 56.4 Å². The van der Waals surface area contributed by atoms with Crippen molar-refractivity contribution in [3.05, 3.63) is 89.5 Å². The van der Waals surface area contributed by atoms with Crippen LogP contribution >= 0.6 is 0 Å². The number of para-hydroxylation sites is 1. The van der Waals surface area contributed by atoms with Crippen molar-refractivity contribution >= 4 is 17.3 Å². The SMILES string of the molecule is N#Cc1cccc(CN2CCN(c3ccc(NC(=O)c4ccccc4OCCC4CCCCC4)cc3)CC2)c1. The van der Waals surface area contributed by atoms with E-state index in [1.807, 2.05) is 54.6 Å². The van der Waals surface area contributed by atoms with Crippen LogP contribution in [0.15, 0.2) is 72.8 Å². The Balaban J connectivity index is 1.11. The second kappa shape index (κ2) is 13.3.